The Morgan fingerprint density at radius 3 is 2.77 bits per heavy atom. The van der Waals surface area contributed by atoms with Gasteiger partial charge in [-0.2, -0.15) is 0 Å². The predicted octanol–water partition coefficient (Wildman–Crippen LogP) is 1.64. The third kappa shape index (κ3) is 4.33. The number of carbonyl (C=O) groups excluding carboxylic acids is 2. The maximum absolute atomic E-state index is 13.7. The van der Waals surface area contributed by atoms with E-state index < -0.39 is 34.5 Å². The van der Waals surface area contributed by atoms with E-state index in [0.29, 0.717) is 25.6 Å². The number of aromatic nitrogens is 1. The first-order chi connectivity index (χ1) is 14.3. The van der Waals surface area contributed by atoms with E-state index in [1.807, 2.05) is 0 Å². The molecule has 0 saturated heterocycles. The summed E-state index contributed by atoms with van der Waals surface area (Å²) >= 11 is 0. The van der Waals surface area contributed by atoms with Crippen LogP contribution in [-0.4, -0.2) is 53.3 Å². The van der Waals surface area contributed by atoms with Crippen molar-refractivity contribution >= 4 is 11.7 Å². The number of hydrogen-bond donors (Lipinski definition) is 2. The van der Waals surface area contributed by atoms with Gasteiger partial charge in [-0.15, -0.1) is 0 Å². The van der Waals surface area contributed by atoms with Crippen LogP contribution in [0, 0.1) is 11.6 Å². The van der Waals surface area contributed by atoms with Gasteiger partial charge in [0.05, 0.1) is 5.56 Å². The van der Waals surface area contributed by atoms with Crippen LogP contribution in [0.5, 0.6) is 5.75 Å². The lowest BCUT2D eigenvalue weighted by Gasteiger charge is -2.31. The Bertz CT molecular complexity index is 1040. The van der Waals surface area contributed by atoms with Crippen molar-refractivity contribution in [2.24, 2.45) is 0 Å². The Morgan fingerprint density at radius 1 is 1.30 bits per heavy atom. The SMILES string of the molecule is COCCCN1CNn2cc(C(=O)CCc3ccc(F)cc3F)c(=O)c(O)c2C1=O. The standard InChI is InChI=1S/C20H21F2N3O5/c1-30-8-2-7-24-11-23-25-10-14(18(27)19(28)17(25)20(24)29)16(26)6-4-12-3-5-13(21)9-15(12)22/h3,5,9-10,23,28H,2,4,6-8,11H2,1H3. The highest BCUT2D eigenvalue weighted by atomic mass is 19.1. The van der Waals surface area contributed by atoms with Crippen LogP contribution >= 0.6 is 0 Å². The predicted molar refractivity (Wildman–Crippen MR) is 103 cm³/mol. The number of ketones is 1. The molecule has 0 fully saturated rings. The van der Waals surface area contributed by atoms with Gasteiger partial charge in [-0.3, -0.25) is 19.1 Å². The number of nitrogens with zero attached hydrogens (tertiary/aromatic N) is 2. The summed E-state index contributed by atoms with van der Waals surface area (Å²) < 4.78 is 32.8. The monoisotopic (exact) mass is 421 g/mol. The molecule has 10 heteroatoms. The minimum atomic E-state index is -0.972. The zero-order chi connectivity index (χ0) is 21.8. The number of carbonyl (C=O) groups is 2. The Kier molecular flexibility index (Phi) is 6.46. The van der Waals surface area contributed by atoms with Gasteiger partial charge < -0.3 is 20.2 Å². The highest BCUT2D eigenvalue weighted by Gasteiger charge is 2.30. The molecule has 2 heterocycles. The third-order valence-corrected chi connectivity index (χ3v) is 4.82. The van der Waals surface area contributed by atoms with Crippen molar-refractivity contribution in [1.82, 2.24) is 9.58 Å². The number of amides is 1. The molecular weight excluding hydrogens is 400 g/mol. The van der Waals surface area contributed by atoms with Crippen LogP contribution in [-0.2, 0) is 11.2 Å². The average molecular weight is 421 g/mol. The zero-order valence-electron chi connectivity index (χ0n) is 16.3. The van der Waals surface area contributed by atoms with Gasteiger partial charge in [0.25, 0.3) is 5.91 Å². The molecule has 0 aliphatic carbocycles. The molecule has 30 heavy (non-hydrogen) atoms. The van der Waals surface area contributed by atoms with Crippen molar-refractivity contribution in [2.75, 3.05) is 32.4 Å². The van der Waals surface area contributed by atoms with Crippen LogP contribution in [0.3, 0.4) is 0 Å². The molecular formula is C20H21F2N3O5. The van der Waals surface area contributed by atoms with E-state index in [9.17, 15) is 28.3 Å². The summed E-state index contributed by atoms with van der Waals surface area (Å²) in [7, 11) is 1.54. The van der Waals surface area contributed by atoms with E-state index in [4.69, 9.17) is 4.74 Å². The lowest BCUT2D eigenvalue weighted by molar-refractivity contribution is 0.0702. The number of fused-ring (bicyclic) bond motifs is 1. The average Bonchev–Trinajstić information content (AvgIpc) is 2.71. The molecule has 3 rings (SSSR count). The molecule has 0 bridgehead atoms. The summed E-state index contributed by atoms with van der Waals surface area (Å²) in [6, 6.07) is 3.03. The van der Waals surface area contributed by atoms with Gasteiger partial charge in [0.2, 0.25) is 5.43 Å². The fraction of sp³-hybridized carbons (Fsp3) is 0.350. The largest absolute Gasteiger partial charge is 0.502 e. The van der Waals surface area contributed by atoms with Gasteiger partial charge in [0.15, 0.2) is 17.2 Å². The van der Waals surface area contributed by atoms with E-state index in [1.165, 1.54) is 11.0 Å². The molecule has 1 aromatic carbocycles. The molecule has 1 amide bonds. The topological polar surface area (TPSA) is 101 Å². The van der Waals surface area contributed by atoms with E-state index in [-0.39, 0.29) is 36.3 Å². The Morgan fingerprint density at radius 2 is 2.07 bits per heavy atom. The van der Waals surface area contributed by atoms with Gasteiger partial charge in [0, 0.05) is 38.9 Å². The summed E-state index contributed by atoms with van der Waals surface area (Å²) in [6.07, 6.45) is 1.46. The normalized spacial score (nSPS) is 13.2. The number of Topliss-reactive ketones (excluding diaryl/α,β-unsaturated/α-hetero) is 1. The van der Waals surface area contributed by atoms with E-state index in [1.54, 1.807) is 7.11 Å². The van der Waals surface area contributed by atoms with Gasteiger partial charge in [0.1, 0.15) is 18.3 Å². The number of pyridine rings is 1. The second kappa shape index (κ2) is 9.04. The minimum Gasteiger partial charge on any atom is -0.502 e. The summed E-state index contributed by atoms with van der Waals surface area (Å²) in [5.41, 5.74) is 1.42. The third-order valence-electron chi connectivity index (χ3n) is 4.82. The quantitative estimate of drug-likeness (QED) is 0.497. The maximum Gasteiger partial charge on any atom is 0.277 e. The van der Waals surface area contributed by atoms with Gasteiger partial charge in [-0.25, -0.2) is 8.78 Å². The Balaban J connectivity index is 1.79. The first-order valence-electron chi connectivity index (χ1n) is 9.31. The fourth-order valence-electron chi connectivity index (χ4n) is 3.20. The molecule has 1 aliphatic heterocycles. The van der Waals surface area contributed by atoms with Crippen LogP contribution in [0.15, 0.2) is 29.2 Å². The first-order valence-corrected chi connectivity index (χ1v) is 9.31. The summed E-state index contributed by atoms with van der Waals surface area (Å²) in [5, 5.41) is 10.3. The number of nitrogens with one attached hydrogen (secondary N) is 1. The summed E-state index contributed by atoms with van der Waals surface area (Å²) in [4.78, 5) is 39.0. The lowest BCUT2D eigenvalue weighted by atomic mass is 10.0. The molecule has 1 aliphatic rings. The summed E-state index contributed by atoms with van der Waals surface area (Å²) in [5.74, 6) is -3.53. The second-order valence-electron chi connectivity index (χ2n) is 6.83. The molecule has 160 valence electrons. The van der Waals surface area contributed by atoms with Crippen molar-refractivity contribution in [3.63, 3.8) is 0 Å². The molecule has 0 radical (unpaired) electrons. The number of rotatable bonds is 8. The smallest absolute Gasteiger partial charge is 0.277 e. The first kappa shape index (κ1) is 21.4. The maximum atomic E-state index is 13.7. The van der Waals surface area contributed by atoms with Crippen molar-refractivity contribution in [2.45, 2.75) is 19.3 Å². The van der Waals surface area contributed by atoms with Crippen molar-refractivity contribution in [3.8, 4) is 5.75 Å². The van der Waals surface area contributed by atoms with E-state index in [0.717, 1.165) is 16.9 Å². The van der Waals surface area contributed by atoms with Crippen LogP contribution in [0.1, 0.15) is 39.3 Å². The van der Waals surface area contributed by atoms with Gasteiger partial charge in [-0.05, 0) is 24.5 Å². The molecule has 0 saturated carbocycles. The minimum absolute atomic E-state index is 0.0491. The Labute approximate surface area is 170 Å². The fourth-order valence-corrected chi connectivity index (χ4v) is 3.20. The molecule has 0 spiro atoms. The molecule has 2 aromatic rings. The van der Waals surface area contributed by atoms with Crippen LogP contribution in [0.2, 0.25) is 0 Å². The highest BCUT2D eigenvalue weighted by Crippen LogP contribution is 2.20. The van der Waals surface area contributed by atoms with Crippen molar-refractivity contribution in [3.05, 3.63) is 63.1 Å². The van der Waals surface area contributed by atoms with E-state index in [2.05, 4.69) is 5.43 Å². The number of aromatic hydroxyl groups is 1. The molecule has 1 aromatic heterocycles. The highest BCUT2D eigenvalue weighted by molar-refractivity contribution is 6.00. The van der Waals surface area contributed by atoms with Crippen LogP contribution < -0.4 is 10.9 Å². The zero-order valence-corrected chi connectivity index (χ0v) is 16.3. The number of halogens is 2. The summed E-state index contributed by atoms with van der Waals surface area (Å²) in [6.45, 7) is 0.925. The molecule has 0 atom stereocenters. The van der Waals surface area contributed by atoms with Crippen molar-refractivity contribution in [1.29, 1.82) is 0 Å². The number of hydrogen-bond acceptors (Lipinski definition) is 6. The number of methoxy groups -OCH3 is 1. The van der Waals surface area contributed by atoms with Crippen LogP contribution in [0.25, 0.3) is 0 Å². The van der Waals surface area contributed by atoms with Crippen LogP contribution in [0.4, 0.5) is 8.78 Å². The number of aryl methyl sites for hydroxylation is 1. The van der Waals surface area contributed by atoms with Gasteiger partial charge in [-0.1, -0.05) is 6.07 Å². The molecule has 0 unspecified atom stereocenters. The van der Waals surface area contributed by atoms with Crippen molar-refractivity contribution < 1.29 is 28.2 Å². The second-order valence-corrected chi connectivity index (χ2v) is 6.83. The lowest BCUT2D eigenvalue weighted by Crippen LogP contribution is -2.47. The number of benzene rings is 1. The molecule has 2 N–H and O–H groups in total. The molecule has 8 nitrogen and oxygen atoms in total. The van der Waals surface area contributed by atoms with E-state index >= 15 is 0 Å². The Hall–Kier alpha value is -3.27. The van der Waals surface area contributed by atoms with Gasteiger partial charge >= 0.3 is 0 Å². The number of ether oxygens (including phenoxy) is 1.